The van der Waals surface area contributed by atoms with E-state index in [4.69, 9.17) is 9.84 Å². The molecular weight excluding hydrogens is 239 g/mol. The molecule has 2 atom stereocenters. The Bertz CT molecular complexity index is 404. The van der Waals surface area contributed by atoms with Crippen LogP contribution in [-0.4, -0.2) is 22.6 Å². The number of carboxylic acids is 1. The average molecular weight is 258 g/mol. The van der Waals surface area contributed by atoms with Crippen LogP contribution in [0.5, 0.6) is 0 Å². The SMILES string of the molecule is CC(C)(C)OC(=O)/C(F)=C/C1C(C(=O)O)C1(C)C. The van der Waals surface area contributed by atoms with Gasteiger partial charge in [0.25, 0.3) is 0 Å². The molecule has 1 saturated carbocycles. The van der Waals surface area contributed by atoms with E-state index >= 15 is 0 Å². The van der Waals surface area contributed by atoms with Gasteiger partial charge in [-0.2, -0.15) is 4.39 Å². The lowest BCUT2D eigenvalue weighted by molar-refractivity contribution is -0.151. The van der Waals surface area contributed by atoms with Gasteiger partial charge in [-0.15, -0.1) is 0 Å². The monoisotopic (exact) mass is 258 g/mol. The molecule has 0 aromatic heterocycles. The number of rotatable bonds is 3. The van der Waals surface area contributed by atoms with Gasteiger partial charge in [0.15, 0.2) is 0 Å². The number of allylic oxidation sites excluding steroid dienone is 1. The highest BCUT2D eigenvalue weighted by Crippen LogP contribution is 2.59. The fraction of sp³-hybridized carbons (Fsp3) is 0.692. The molecule has 102 valence electrons. The summed E-state index contributed by atoms with van der Waals surface area (Å²) in [5.41, 5.74) is -1.29. The van der Waals surface area contributed by atoms with Gasteiger partial charge in [-0.05, 0) is 38.2 Å². The van der Waals surface area contributed by atoms with E-state index in [2.05, 4.69) is 0 Å². The number of hydrogen-bond acceptors (Lipinski definition) is 3. The van der Waals surface area contributed by atoms with Crippen molar-refractivity contribution in [2.24, 2.45) is 17.3 Å². The van der Waals surface area contributed by atoms with Crippen molar-refractivity contribution in [1.82, 2.24) is 0 Å². The fourth-order valence-corrected chi connectivity index (χ4v) is 2.01. The second-order valence-electron chi connectivity index (χ2n) is 6.18. The summed E-state index contributed by atoms with van der Waals surface area (Å²) < 4.78 is 18.5. The first kappa shape index (κ1) is 14.7. The molecule has 0 heterocycles. The summed E-state index contributed by atoms with van der Waals surface area (Å²) in [6.45, 7) is 8.38. The van der Waals surface area contributed by atoms with E-state index in [1.165, 1.54) is 0 Å². The number of carboxylic acid groups (broad SMARTS) is 1. The van der Waals surface area contributed by atoms with Crippen LogP contribution in [0.3, 0.4) is 0 Å². The largest absolute Gasteiger partial charge is 0.481 e. The zero-order valence-corrected chi connectivity index (χ0v) is 11.3. The fourth-order valence-electron chi connectivity index (χ4n) is 2.01. The normalized spacial score (nSPS) is 26.7. The van der Waals surface area contributed by atoms with Crippen LogP contribution in [0, 0.1) is 17.3 Å². The van der Waals surface area contributed by atoms with E-state index in [0.717, 1.165) is 6.08 Å². The van der Waals surface area contributed by atoms with Crippen LogP contribution in [0.15, 0.2) is 11.9 Å². The molecule has 0 aromatic rings. The van der Waals surface area contributed by atoms with E-state index in [0.29, 0.717) is 0 Å². The first-order valence-electron chi connectivity index (χ1n) is 5.80. The average Bonchev–Trinajstić information content (AvgIpc) is 2.64. The van der Waals surface area contributed by atoms with Crippen LogP contribution in [0.1, 0.15) is 34.6 Å². The Morgan fingerprint density at radius 2 is 1.83 bits per heavy atom. The van der Waals surface area contributed by atoms with Crippen LogP contribution in [0.2, 0.25) is 0 Å². The summed E-state index contributed by atoms with van der Waals surface area (Å²) in [5, 5.41) is 8.93. The maximum Gasteiger partial charge on any atom is 0.367 e. The van der Waals surface area contributed by atoms with Crippen molar-refractivity contribution in [3.63, 3.8) is 0 Å². The maximum atomic E-state index is 13.6. The molecule has 18 heavy (non-hydrogen) atoms. The summed E-state index contributed by atoms with van der Waals surface area (Å²) >= 11 is 0. The number of esters is 1. The second-order valence-corrected chi connectivity index (χ2v) is 6.18. The maximum absolute atomic E-state index is 13.6. The Morgan fingerprint density at radius 3 is 2.17 bits per heavy atom. The summed E-state index contributed by atoms with van der Waals surface area (Å²) in [5.74, 6) is -4.16. The molecule has 1 aliphatic carbocycles. The van der Waals surface area contributed by atoms with Gasteiger partial charge in [-0.25, -0.2) is 4.79 Å². The number of ether oxygens (including phenoxy) is 1. The molecule has 1 rings (SSSR count). The molecule has 0 aromatic carbocycles. The smallest absolute Gasteiger partial charge is 0.367 e. The van der Waals surface area contributed by atoms with E-state index in [-0.39, 0.29) is 0 Å². The molecular formula is C13H19FO4. The van der Waals surface area contributed by atoms with E-state index in [1.54, 1.807) is 34.6 Å². The lowest BCUT2D eigenvalue weighted by atomic mass is 10.1. The van der Waals surface area contributed by atoms with E-state index < -0.39 is 40.6 Å². The third-order valence-electron chi connectivity index (χ3n) is 3.10. The first-order valence-corrected chi connectivity index (χ1v) is 5.80. The Labute approximate surface area is 106 Å². The number of hydrogen-bond donors (Lipinski definition) is 1. The van der Waals surface area contributed by atoms with Crippen molar-refractivity contribution in [3.05, 3.63) is 11.9 Å². The predicted molar refractivity (Wildman–Crippen MR) is 63.4 cm³/mol. The van der Waals surface area contributed by atoms with Crippen molar-refractivity contribution >= 4 is 11.9 Å². The van der Waals surface area contributed by atoms with Gasteiger partial charge in [0.05, 0.1) is 5.92 Å². The summed E-state index contributed by atoms with van der Waals surface area (Å²) in [6.07, 6.45) is 1.06. The van der Waals surface area contributed by atoms with Crippen LogP contribution < -0.4 is 0 Å². The second kappa shape index (κ2) is 4.37. The van der Waals surface area contributed by atoms with Gasteiger partial charge in [0.2, 0.25) is 5.83 Å². The number of carbonyl (C=O) groups excluding carboxylic acids is 1. The van der Waals surface area contributed by atoms with Crippen molar-refractivity contribution < 1.29 is 23.8 Å². The Kier molecular flexibility index (Phi) is 3.56. The van der Waals surface area contributed by atoms with Crippen molar-refractivity contribution in [2.75, 3.05) is 0 Å². The van der Waals surface area contributed by atoms with Gasteiger partial charge in [0, 0.05) is 0 Å². The number of halogens is 1. The highest BCUT2D eigenvalue weighted by atomic mass is 19.1. The molecule has 0 spiro atoms. The minimum absolute atomic E-state index is 0.470. The predicted octanol–water partition coefficient (Wildman–Crippen LogP) is 2.54. The number of aliphatic carboxylic acids is 1. The molecule has 2 unspecified atom stereocenters. The highest BCUT2D eigenvalue weighted by molar-refractivity contribution is 5.87. The quantitative estimate of drug-likeness (QED) is 0.624. The first-order chi connectivity index (χ1) is 7.97. The molecule has 5 heteroatoms. The Hall–Kier alpha value is -1.39. The van der Waals surface area contributed by atoms with Gasteiger partial charge >= 0.3 is 11.9 Å². The zero-order chi connectivity index (χ0) is 14.3. The molecule has 4 nitrogen and oxygen atoms in total. The summed E-state index contributed by atoms with van der Waals surface area (Å²) in [6, 6.07) is 0. The summed E-state index contributed by atoms with van der Waals surface area (Å²) in [7, 11) is 0. The van der Waals surface area contributed by atoms with Crippen LogP contribution >= 0.6 is 0 Å². The third kappa shape index (κ3) is 3.09. The van der Waals surface area contributed by atoms with Crippen molar-refractivity contribution in [3.8, 4) is 0 Å². The van der Waals surface area contributed by atoms with Gasteiger partial charge in [-0.3, -0.25) is 4.79 Å². The molecule has 1 aliphatic rings. The Morgan fingerprint density at radius 1 is 1.33 bits per heavy atom. The molecule has 1 fully saturated rings. The molecule has 0 aliphatic heterocycles. The number of carbonyl (C=O) groups is 2. The van der Waals surface area contributed by atoms with Gasteiger partial charge in [0.1, 0.15) is 5.60 Å². The standard InChI is InChI=1S/C13H19FO4/c1-12(2,3)18-11(17)8(14)6-7-9(10(15)16)13(7,4)5/h6-7,9H,1-5H3,(H,15,16)/b8-6-. The highest BCUT2D eigenvalue weighted by Gasteiger charge is 2.61. The lowest BCUT2D eigenvalue weighted by Crippen LogP contribution is -2.24. The zero-order valence-electron chi connectivity index (χ0n) is 11.3. The summed E-state index contributed by atoms with van der Waals surface area (Å²) in [4.78, 5) is 22.3. The van der Waals surface area contributed by atoms with Gasteiger partial charge in [-0.1, -0.05) is 13.8 Å². The van der Waals surface area contributed by atoms with Crippen molar-refractivity contribution in [2.45, 2.75) is 40.2 Å². The molecule has 0 radical (unpaired) electrons. The van der Waals surface area contributed by atoms with Crippen molar-refractivity contribution in [1.29, 1.82) is 0 Å². The molecule has 0 saturated heterocycles. The lowest BCUT2D eigenvalue weighted by Gasteiger charge is -2.18. The van der Waals surface area contributed by atoms with E-state index in [1.807, 2.05) is 0 Å². The molecule has 0 bridgehead atoms. The molecule has 1 N–H and O–H groups in total. The van der Waals surface area contributed by atoms with Crippen LogP contribution in [0.25, 0.3) is 0 Å². The van der Waals surface area contributed by atoms with Gasteiger partial charge < -0.3 is 9.84 Å². The third-order valence-corrected chi connectivity index (χ3v) is 3.10. The van der Waals surface area contributed by atoms with Crippen LogP contribution in [0.4, 0.5) is 4.39 Å². The topological polar surface area (TPSA) is 63.6 Å². The van der Waals surface area contributed by atoms with E-state index in [9.17, 15) is 14.0 Å². The minimum atomic E-state index is -1.05. The molecule has 0 amide bonds. The Balaban J connectivity index is 2.74. The minimum Gasteiger partial charge on any atom is -0.481 e. The van der Waals surface area contributed by atoms with Crippen LogP contribution in [-0.2, 0) is 14.3 Å².